The van der Waals surface area contributed by atoms with Crippen molar-refractivity contribution in [2.75, 3.05) is 19.0 Å². The van der Waals surface area contributed by atoms with Gasteiger partial charge in [0.1, 0.15) is 5.75 Å². The molecule has 1 aliphatic carbocycles. The minimum absolute atomic E-state index is 0.176. The Morgan fingerprint density at radius 1 is 1.07 bits per heavy atom. The van der Waals surface area contributed by atoms with Crippen LogP contribution in [0.3, 0.4) is 0 Å². The van der Waals surface area contributed by atoms with E-state index in [0.717, 1.165) is 36.4 Å². The molecule has 0 amide bonds. The molecule has 0 spiro atoms. The molecule has 0 saturated carbocycles. The Balaban J connectivity index is 1.49. The summed E-state index contributed by atoms with van der Waals surface area (Å²) in [6.07, 6.45) is 11.9. The highest BCUT2D eigenvalue weighted by atomic mass is 16.5. The molecule has 30 heavy (non-hydrogen) atoms. The van der Waals surface area contributed by atoms with E-state index in [9.17, 15) is 5.11 Å². The quantitative estimate of drug-likeness (QED) is 0.364. The van der Waals surface area contributed by atoms with E-state index < -0.39 is 0 Å². The smallest absolute Gasteiger partial charge is 0.160 e. The number of benzene rings is 2. The standard InChI is InChI=1S/C26H33NO3/c1-3-4-5-6-7-15-30-19-12-13-23-22(17-19)20-9-8-10-21(20)26(27-23)18-11-14-24(28)25(16-18)29-2/h8-9,11-14,16-17,20-21,26-28H,3-7,10,15H2,1-2H3. The largest absolute Gasteiger partial charge is 0.504 e. The number of allylic oxidation sites excluding steroid dienone is 2. The summed E-state index contributed by atoms with van der Waals surface area (Å²) in [7, 11) is 1.59. The maximum atomic E-state index is 9.97. The highest BCUT2D eigenvalue weighted by molar-refractivity contribution is 5.62. The Morgan fingerprint density at radius 2 is 1.93 bits per heavy atom. The molecule has 2 aliphatic rings. The maximum absolute atomic E-state index is 9.97. The molecule has 4 nitrogen and oxygen atoms in total. The van der Waals surface area contributed by atoms with Gasteiger partial charge in [0.15, 0.2) is 11.5 Å². The van der Waals surface area contributed by atoms with Crippen molar-refractivity contribution in [3.63, 3.8) is 0 Å². The number of ether oxygens (including phenoxy) is 2. The molecule has 4 rings (SSSR count). The molecule has 1 aliphatic heterocycles. The van der Waals surface area contributed by atoms with Crippen molar-refractivity contribution in [2.45, 2.75) is 57.4 Å². The highest BCUT2D eigenvalue weighted by Crippen LogP contribution is 2.51. The lowest BCUT2D eigenvalue weighted by Gasteiger charge is -2.37. The molecule has 0 radical (unpaired) electrons. The molecule has 2 N–H and O–H groups in total. The van der Waals surface area contributed by atoms with Gasteiger partial charge in [0.05, 0.1) is 19.8 Å². The minimum Gasteiger partial charge on any atom is -0.504 e. The zero-order chi connectivity index (χ0) is 20.9. The number of fused-ring (bicyclic) bond motifs is 3. The van der Waals surface area contributed by atoms with E-state index in [1.54, 1.807) is 13.2 Å². The summed E-state index contributed by atoms with van der Waals surface area (Å²) in [5, 5.41) is 13.7. The van der Waals surface area contributed by atoms with Gasteiger partial charge in [-0.15, -0.1) is 0 Å². The summed E-state index contributed by atoms with van der Waals surface area (Å²) in [6.45, 7) is 3.03. The van der Waals surface area contributed by atoms with Crippen LogP contribution in [0.15, 0.2) is 48.6 Å². The van der Waals surface area contributed by atoms with Crippen LogP contribution in [-0.2, 0) is 0 Å². The number of rotatable bonds is 9. The number of nitrogens with one attached hydrogen (secondary N) is 1. The summed E-state index contributed by atoms with van der Waals surface area (Å²) in [6, 6.07) is 12.3. The molecule has 3 atom stereocenters. The van der Waals surface area contributed by atoms with E-state index in [1.807, 2.05) is 12.1 Å². The molecular formula is C26H33NO3. The van der Waals surface area contributed by atoms with E-state index in [1.165, 1.54) is 31.2 Å². The number of anilines is 1. The molecule has 2 aromatic carbocycles. The first-order chi connectivity index (χ1) is 14.7. The number of unbranched alkanes of at least 4 members (excludes halogenated alkanes) is 4. The summed E-state index contributed by atoms with van der Waals surface area (Å²) < 4.78 is 11.4. The molecule has 0 aromatic heterocycles. The van der Waals surface area contributed by atoms with Gasteiger partial charge in [0, 0.05) is 11.6 Å². The highest BCUT2D eigenvalue weighted by Gasteiger charge is 2.38. The Morgan fingerprint density at radius 3 is 2.77 bits per heavy atom. The monoisotopic (exact) mass is 407 g/mol. The molecule has 0 bridgehead atoms. The number of methoxy groups -OCH3 is 1. The van der Waals surface area contributed by atoms with E-state index in [4.69, 9.17) is 9.47 Å². The van der Waals surface area contributed by atoms with E-state index in [-0.39, 0.29) is 11.8 Å². The second kappa shape index (κ2) is 9.46. The van der Waals surface area contributed by atoms with Crippen LogP contribution in [0, 0.1) is 5.92 Å². The molecule has 2 aromatic rings. The molecule has 3 unspecified atom stereocenters. The van der Waals surface area contributed by atoms with Crippen LogP contribution in [0.4, 0.5) is 5.69 Å². The lowest BCUT2D eigenvalue weighted by Crippen LogP contribution is -2.29. The SMILES string of the molecule is CCCCCCCOc1ccc2c(c1)C1C=CCC1C(c1ccc(O)c(OC)c1)N2. The third kappa shape index (κ3) is 4.28. The van der Waals surface area contributed by atoms with Gasteiger partial charge in [-0.3, -0.25) is 0 Å². The van der Waals surface area contributed by atoms with Crippen molar-refractivity contribution < 1.29 is 14.6 Å². The van der Waals surface area contributed by atoms with Gasteiger partial charge in [-0.2, -0.15) is 0 Å². The lowest BCUT2D eigenvalue weighted by atomic mass is 9.77. The third-order valence-corrected chi connectivity index (χ3v) is 6.41. The zero-order valence-corrected chi connectivity index (χ0v) is 18.1. The average Bonchev–Trinajstić information content (AvgIpc) is 3.26. The lowest BCUT2D eigenvalue weighted by molar-refractivity contribution is 0.303. The predicted octanol–water partition coefficient (Wildman–Crippen LogP) is 6.58. The fourth-order valence-corrected chi connectivity index (χ4v) is 4.78. The molecule has 4 heteroatoms. The van der Waals surface area contributed by atoms with Gasteiger partial charge in [0.2, 0.25) is 0 Å². The van der Waals surface area contributed by atoms with Gasteiger partial charge in [0.25, 0.3) is 0 Å². The number of phenols is 1. The van der Waals surface area contributed by atoms with Crippen LogP contribution in [0.1, 0.15) is 68.5 Å². The minimum atomic E-state index is 0.176. The average molecular weight is 408 g/mol. The van der Waals surface area contributed by atoms with Gasteiger partial charge in [-0.05, 0) is 60.2 Å². The van der Waals surface area contributed by atoms with Crippen LogP contribution in [-0.4, -0.2) is 18.8 Å². The number of aromatic hydroxyl groups is 1. The summed E-state index contributed by atoms with van der Waals surface area (Å²) in [5.74, 6) is 2.48. The van der Waals surface area contributed by atoms with Crippen LogP contribution in [0.2, 0.25) is 0 Å². The first kappa shape index (κ1) is 20.6. The van der Waals surface area contributed by atoms with Gasteiger partial charge >= 0.3 is 0 Å². The molecular weight excluding hydrogens is 374 g/mol. The van der Waals surface area contributed by atoms with Crippen molar-refractivity contribution >= 4 is 5.69 Å². The first-order valence-electron chi connectivity index (χ1n) is 11.3. The van der Waals surface area contributed by atoms with Crippen molar-refractivity contribution in [1.29, 1.82) is 0 Å². The predicted molar refractivity (Wildman–Crippen MR) is 122 cm³/mol. The molecule has 0 fully saturated rings. The summed E-state index contributed by atoms with van der Waals surface area (Å²) in [4.78, 5) is 0. The maximum Gasteiger partial charge on any atom is 0.160 e. The Bertz CT molecular complexity index is 892. The van der Waals surface area contributed by atoms with Crippen molar-refractivity contribution in [3.8, 4) is 17.2 Å². The topological polar surface area (TPSA) is 50.7 Å². The fraction of sp³-hybridized carbons (Fsp3) is 0.462. The van der Waals surface area contributed by atoms with Gasteiger partial charge < -0.3 is 19.9 Å². The second-order valence-electron chi connectivity index (χ2n) is 8.42. The van der Waals surface area contributed by atoms with E-state index in [2.05, 4.69) is 42.6 Å². The Kier molecular flexibility index (Phi) is 6.51. The molecule has 160 valence electrons. The van der Waals surface area contributed by atoms with Crippen LogP contribution in [0.5, 0.6) is 17.2 Å². The number of phenolic OH excluding ortho intramolecular Hbond substituents is 1. The molecule has 0 saturated heterocycles. The number of hydrogen-bond donors (Lipinski definition) is 2. The Labute approximate surface area is 179 Å². The third-order valence-electron chi connectivity index (χ3n) is 6.41. The molecule has 1 heterocycles. The van der Waals surface area contributed by atoms with E-state index in [0.29, 0.717) is 17.6 Å². The van der Waals surface area contributed by atoms with Crippen molar-refractivity contribution in [1.82, 2.24) is 0 Å². The first-order valence-corrected chi connectivity index (χ1v) is 11.3. The van der Waals surface area contributed by atoms with Crippen LogP contribution in [0.25, 0.3) is 0 Å². The second-order valence-corrected chi connectivity index (χ2v) is 8.42. The van der Waals surface area contributed by atoms with Gasteiger partial charge in [-0.25, -0.2) is 0 Å². The van der Waals surface area contributed by atoms with Crippen molar-refractivity contribution in [3.05, 3.63) is 59.7 Å². The normalized spacial score (nSPS) is 21.6. The van der Waals surface area contributed by atoms with Crippen LogP contribution >= 0.6 is 0 Å². The van der Waals surface area contributed by atoms with Crippen molar-refractivity contribution in [2.24, 2.45) is 5.92 Å². The summed E-state index contributed by atoms with van der Waals surface area (Å²) >= 11 is 0. The Hall–Kier alpha value is -2.62. The van der Waals surface area contributed by atoms with Crippen LogP contribution < -0.4 is 14.8 Å². The summed E-state index contributed by atoms with van der Waals surface area (Å²) in [5.41, 5.74) is 3.62. The number of hydrogen-bond acceptors (Lipinski definition) is 4. The fourth-order valence-electron chi connectivity index (χ4n) is 4.78. The van der Waals surface area contributed by atoms with E-state index >= 15 is 0 Å². The van der Waals surface area contributed by atoms with Gasteiger partial charge in [-0.1, -0.05) is 50.8 Å². The zero-order valence-electron chi connectivity index (χ0n) is 18.1.